The molecule has 1 aromatic heterocycles. The Hall–Kier alpha value is -2.28. The van der Waals surface area contributed by atoms with E-state index in [0.29, 0.717) is 35.5 Å². The topological polar surface area (TPSA) is 101 Å². The lowest BCUT2D eigenvalue weighted by Crippen LogP contribution is -2.32. The van der Waals surface area contributed by atoms with Gasteiger partial charge in [-0.3, -0.25) is 0 Å². The summed E-state index contributed by atoms with van der Waals surface area (Å²) in [6.45, 7) is 7.57. The van der Waals surface area contributed by atoms with Crippen LogP contribution in [0.1, 0.15) is 49.4 Å². The summed E-state index contributed by atoms with van der Waals surface area (Å²) in [5, 5.41) is 9.31. The fourth-order valence-electron chi connectivity index (χ4n) is 3.22. The highest BCUT2D eigenvalue weighted by Crippen LogP contribution is 2.34. The second-order valence-corrected chi connectivity index (χ2v) is 10.6. The Kier molecular flexibility index (Phi) is 8.74. The lowest BCUT2D eigenvalue weighted by atomic mass is 10.00. The number of nitriles is 1. The lowest BCUT2D eigenvalue weighted by Gasteiger charge is -2.10. The molecule has 7 nitrogen and oxygen atoms in total. The lowest BCUT2D eigenvalue weighted by molar-refractivity contribution is 0.0516. The van der Waals surface area contributed by atoms with Crippen LogP contribution in [0, 0.1) is 11.3 Å². The van der Waals surface area contributed by atoms with Crippen molar-refractivity contribution in [1.29, 1.82) is 5.26 Å². The predicted molar refractivity (Wildman–Crippen MR) is 124 cm³/mol. The van der Waals surface area contributed by atoms with Crippen LogP contribution in [0.15, 0.2) is 29.2 Å². The van der Waals surface area contributed by atoms with E-state index in [1.165, 1.54) is 11.8 Å². The minimum absolute atomic E-state index is 0.253. The highest BCUT2D eigenvalue weighted by molar-refractivity contribution is 7.99. The zero-order chi connectivity index (χ0) is 23.2. The molecule has 1 heterocycles. The predicted octanol–water partition coefficient (Wildman–Crippen LogP) is 3.72. The van der Waals surface area contributed by atoms with Gasteiger partial charge >= 0.3 is 5.97 Å². The van der Waals surface area contributed by atoms with Gasteiger partial charge in [-0.05, 0) is 44.9 Å². The molecule has 2 rings (SSSR count). The van der Waals surface area contributed by atoms with Crippen LogP contribution in [-0.2, 0) is 28.2 Å². The third-order valence-electron chi connectivity index (χ3n) is 4.87. The van der Waals surface area contributed by atoms with Gasteiger partial charge < -0.3 is 9.30 Å². The van der Waals surface area contributed by atoms with E-state index in [1.807, 2.05) is 31.2 Å². The molecule has 0 bridgehead atoms. The number of nitrogens with zero attached hydrogens (tertiary/aromatic N) is 2. The monoisotopic (exact) mass is 463 g/mol. The van der Waals surface area contributed by atoms with Gasteiger partial charge in [0.1, 0.15) is 11.8 Å². The van der Waals surface area contributed by atoms with Crippen molar-refractivity contribution >= 4 is 27.8 Å². The largest absolute Gasteiger partial charge is 0.461 e. The number of benzene rings is 1. The van der Waals surface area contributed by atoms with Crippen LogP contribution >= 0.6 is 11.8 Å². The average Bonchev–Trinajstić information content (AvgIpc) is 3.03. The molecule has 31 heavy (non-hydrogen) atoms. The maximum absolute atomic E-state index is 12.6. The molecule has 168 valence electrons. The van der Waals surface area contributed by atoms with Crippen molar-refractivity contribution in [2.45, 2.75) is 44.3 Å². The van der Waals surface area contributed by atoms with Crippen LogP contribution in [-0.4, -0.2) is 43.1 Å². The molecule has 0 aliphatic rings. The molecule has 0 amide bonds. The first-order chi connectivity index (χ1) is 14.7. The van der Waals surface area contributed by atoms with Crippen LogP contribution in [0.4, 0.5) is 0 Å². The number of carbonyl (C=O) groups excluding carboxylic acids is 1. The summed E-state index contributed by atoms with van der Waals surface area (Å²) >= 11 is 1.53. The number of hydrogen-bond acceptors (Lipinski definition) is 6. The van der Waals surface area contributed by atoms with E-state index in [4.69, 9.17) is 4.74 Å². The summed E-state index contributed by atoms with van der Waals surface area (Å²) < 4.78 is 33.2. The van der Waals surface area contributed by atoms with Gasteiger partial charge in [-0.25, -0.2) is 17.9 Å². The Balaban J connectivity index is 2.26. The van der Waals surface area contributed by atoms with E-state index < -0.39 is 21.2 Å². The van der Waals surface area contributed by atoms with E-state index in [-0.39, 0.29) is 6.61 Å². The minimum Gasteiger partial charge on any atom is -0.461 e. The Labute approximate surface area is 188 Å². The minimum atomic E-state index is -3.27. The van der Waals surface area contributed by atoms with E-state index in [1.54, 1.807) is 32.4 Å². The van der Waals surface area contributed by atoms with Gasteiger partial charge in [-0.2, -0.15) is 5.26 Å². The first-order valence-corrected chi connectivity index (χ1v) is 12.7. The molecule has 2 aromatic rings. The molecule has 0 saturated heterocycles. The number of rotatable bonds is 10. The quantitative estimate of drug-likeness (QED) is 0.327. The fourth-order valence-corrected chi connectivity index (χ4v) is 4.84. The third-order valence-corrected chi connectivity index (χ3v) is 7.73. The fraction of sp³-hybridized carbons (Fsp3) is 0.455. The number of esters is 1. The van der Waals surface area contributed by atoms with Crippen molar-refractivity contribution in [3.63, 3.8) is 0 Å². The third kappa shape index (κ3) is 5.70. The molecular formula is C22H29N3O4S2. The Morgan fingerprint density at radius 3 is 2.42 bits per heavy atom. The van der Waals surface area contributed by atoms with Gasteiger partial charge in [0.25, 0.3) is 0 Å². The Bertz CT molecular complexity index is 1070. The number of aromatic nitrogens is 1. The van der Waals surface area contributed by atoms with E-state index in [0.717, 1.165) is 16.2 Å². The number of hydrogen-bond donors (Lipinski definition) is 1. The molecule has 1 aromatic carbocycles. The van der Waals surface area contributed by atoms with Crippen LogP contribution < -0.4 is 4.72 Å². The van der Waals surface area contributed by atoms with E-state index in [2.05, 4.69) is 10.8 Å². The van der Waals surface area contributed by atoms with Gasteiger partial charge in [0, 0.05) is 35.5 Å². The molecule has 0 fully saturated rings. The molecule has 0 atom stereocenters. The number of ether oxygens (including phenoxy) is 1. The Morgan fingerprint density at radius 2 is 1.90 bits per heavy atom. The maximum Gasteiger partial charge on any atom is 0.355 e. The molecular weight excluding hydrogens is 434 g/mol. The van der Waals surface area contributed by atoms with Gasteiger partial charge in [0.2, 0.25) is 10.0 Å². The molecule has 0 unspecified atom stereocenters. The van der Waals surface area contributed by atoms with Crippen LogP contribution in [0.3, 0.4) is 0 Å². The van der Waals surface area contributed by atoms with Gasteiger partial charge in [-0.1, -0.05) is 19.1 Å². The molecule has 9 heteroatoms. The highest BCUT2D eigenvalue weighted by atomic mass is 32.2. The van der Waals surface area contributed by atoms with Crippen molar-refractivity contribution in [3.05, 3.63) is 41.2 Å². The number of thioether (sulfide) groups is 1. The van der Waals surface area contributed by atoms with Crippen LogP contribution in [0.2, 0.25) is 0 Å². The molecule has 1 N–H and O–H groups in total. The highest BCUT2D eigenvalue weighted by Gasteiger charge is 2.26. The summed E-state index contributed by atoms with van der Waals surface area (Å²) in [5.41, 5.74) is 2.99. The number of sulfonamides is 1. The zero-order valence-electron chi connectivity index (χ0n) is 18.6. The second-order valence-electron chi connectivity index (χ2n) is 7.15. The van der Waals surface area contributed by atoms with Crippen molar-refractivity contribution in [2.75, 3.05) is 18.9 Å². The molecule has 0 aliphatic heterocycles. The molecule has 0 aliphatic carbocycles. The van der Waals surface area contributed by atoms with Crippen molar-refractivity contribution in [2.24, 2.45) is 7.05 Å². The zero-order valence-corrected chi connectivity index (χ0v) is 20.2. The van der Waals surface area contributed by atoms with Crippen molar-refractivity contribution in [3.8, 4) is 17.2 Å². The first kappa shape index (κ1) is 25.0. The van der Waals surface area contributed by atoms with Crippen molar-refractivity contribution < 1.29 is 17.9 Å². The summed E-state index contributed by atoms with van der Waals surface area (Å²) in [5.74, 6) is 0.140. The normalized spacial score (nSPS) is 11.5. The summed E-state index contributed by atoms with van der Waals surface area (Å²) in [7, 11) is -1.49. The first-order valence-electron chi connectivity index (χ1n) is 10.2. The van der Waals surface area contributed by atoms with Crippen molar-refractivity contribution in [1.82, 2.24) is 9.29 Å². The molecule has 0 radical (unpaired) electrons. The van der Waals surface area contributed by atoms with Crippen LogP contribution in [0.25, 0.3) is 11.1 Å². The van der Waals surface area contributed by atoms with E-state index >= 15 is 0 Å². The average molecular weight is 464 g/mol. The SMILES string of the molecule is CCOC(=O)c1c(-c2ccc(SCCNS(=O)(=O)C(C)C)cc2)c(C#N)c(CC)n1C. The number of nitrogens with one attached hydrogen (secondary N) is 1. The Morgan fingerprint density at radius 1 is 1.26 bits per heavy atom. The second kappa shape index (κ2) is 10.8. The molecule has 0 spiro atoms. The van der Waals surface area contributed by atoms with E-state index in [9.17, 15) is 18.5 Å². The standard InChI is InChI=1S/C22H29N3O4S2/c1-6-19-18(14-23)20(21(25(19)5)22(26)29-7-2)16-8-10-17(11-9-16)30-13-12-24-31(27,28)15(3)4/h8-11,15,24H,6-7,12-13H2,1-5H3. The maximum atomic E-state index is 12.6. The summed E-state index contributed by atoms with van der Waals surface area (Å²) in [6.07, 6.45) is 0.617. The van der Waals surface area contributed by atoms with Crippen LogP contribution in [0.5, 0.6) is 0 Å². The van der Waals surface area contributed by atoms with Gasteiger partial charge in [0.05, 0.1) is 17.4 Å². The van der Waals surface area contributed by atoms with Gasteiger partial charge in [-0.15, -0.1) is 11.8 Å². The number of carbonyl (C=O) groups is 1. The molecule has 0 saturated carbocycles. The van der Waals surface area contributed by atoms with Gasteiger partial charge in [0.15, 0.2) is 0 Å². The summed E-state index contributed by atoms with van der Waals surface area (Å²) in [6, 6.07) is 9.82. The summed E-state index contributed by atoms with van der Waals surface area (Å²) in [4.78, 5) is 13.6. The smallest absolute Gasteiger partial charge is 0.355 e.